The quantitative estimate of drug-likeness (QED) is 0.374. The summed E-state index contributed by atoms with van der Waals surface area (Å²) in [6.07, 6.45) is 0.607. The normalized spacial score (nSPS) is 9.80. The number of carboxylic acids is 1. The van der Waals surface area contributed by atoms with Crippen LogP contribution in [0.15, 0.2) is 12.1 Å². The number of hydrogen-bond donors (Lipinski definition) is 1. The first kappa shape index (κ1) is 11.8. The minimum absolute atomic E-state index is 0. The van der Waals surface area contributed by atoms with Gasteiger partial charge in [-0.3, -0.25) is 0 Å². The zero-order valence-electron chi connectivity index (χ0n) is 4.81. The van der Waals surface area contributed by atoms with Crippen molar-refractivity contribution in [3.63, 3.8) is 0 Å². The number of ether oxygens (including phenoxy) is 1. The molecule has 0 bridgehead atoms. The fraction of sp³-hybridized carbons (Fsp3) is 0.250. The Morgan fingerprint density at radius 3 is 2.40 bits per heavy atom. The maximum Gasteiger partial charge on any atom is 2.00 e. The van der Waals surface area contributed by atoms with E-state index in [1.807, 2.05) is 0 Å². The molecule has 0 fully saturated rings. The summed E-state index contributed by atoms with van der Waals surface area (Å²) in [5.41, 5.74) is 4.55. The number of rotatable bonds is 3. The van der Waals surface area contributed by atoms with Crippen molar-refractivity contribution in [3.05, 3.63) is 12.1 Å². The van der Waals surface area contributed by atoms with Crippen LogP contribution in [-0.2, 0) is 26.0 Å². The maximum absolute atomic E-state index is 9.81. The summed E-state index contributed by atoms with van der Waals surface area (Å²) < 4.78 is 4.09. The van der Waals surface area contributed by atoms with Gasteiger partial charge in [0.05, 0.1) is 12.2 Å². The van der Waals surface area contributed by atoms with Crippen LogP contribution in [0, 0.1) is 0 Å². The monoisotopic (exact) mass is 189 g/mol. The topological polar surface area (TPSA) is 98.4 Å². The first-order valence-electron chi connectivity index (χ1n) is 2.07. The molecular formula is C4H5NNiO4. The number of carbonyl (C=O) groups excluding carboxylic acids is 1. The Kier molecular flexibility index (Phi) is 7.38. The Hall–Kier alpha value is -0.896. The van der Waals surface area contributed by atoms with Gasteiger partial charge in [0.1, 0.15) is 6.61 Å². The third-order valence-corrected chi connectivity index (χ3v) is 0.401. The molecule has 0 saturated heterocycles. The van der Waals surface area contributed by atoms with Gasteiger partial charge in [-0.05, 0) is 5.88 Å². The van der Waals surface area contributed by atoms with Gasteiger partial charge in [0, 0.05) is 0 Å². The van der Waals surface area contributed by atoms with Crippen LogP contribution >= 0.6 is 0 Å². The maximum atomic E-state index is 9.81. The van der Waals surface area contributed by atoms with Crippen LogP contribution in [0.3, 0.4) is 0 Å². The van der Waals surface area contributed by atoms with Crippen molar-refractivity contribution in [3.8, 4) is 0 Å². The van der Waals surface area contributed by atoms with Gasteiger partial charge in [-0.2, -0.15) is 0 Å². The van der Waals surface area contributed by atoms with E-state index < -0.39 is 18.5 Å². The predicted molar refractivity (Wildman–Crippen MR) is 23.2 cm³/mol. The van der Waals surface area contributed by atoms with Crippen LogP contribution < -0.4 is 15.9 Å². The first-order valence-corrected chi connectivity index (χ1v) is 2.07. The molecular weight excluding hydrogens is 185 g/mol. The molecule has 0 heterocycles. The molecule has 60 valence electrons. The second-order valence-corrected chi connectivity index (χ2v) is 1.20. The van der Waals surface area contributed by atoms with Gasteiger partial charge >= 0.3 is 16.5 Å². The van der Waals surface area contributed by atoms with Crippen LogP contribution in [0.4, 0.5) is 0 Å². The predicted octanol–water partition coefficient (Wildman–Crippen LogP) is -3.13. The van der Waals surface area contributed by atoms with E-state index in [2.05, 4.69) is 10.5 Å². The zero-order valence-corrected chi connectivity index (χ0v) is 5.80. The van der Waals surface area contributed by atoms with E-state index in [9.17, 15) is 15.0 Å². The molecule has 6 heteroatoms. The third kappa shape index (κ3) is 10.2. The van der Waals surface area contributed by atoms with E-state index in [0.717, 1.165) is 0 Å². The number of nitrogens with two attached hydrogens (primary N) is 1. The molecule has 0 aliphatic rings. The number of hydrogen-bond acceptors (Lipinski definition) is 5. The van der Waals surface area contributed by atoms with Gasteiger partial charge in [0.2, 0.25) is 0 Å². The largest absolute Gasteiger partial charge is 2.00 e. The molecule has 0 aromatic carbocycles. The molecule has 0 unspecified atom stereocenters. The van der Waals surface area contributed by atoms with Crippen LogP contribution in [0.2, 0.25) is 0 Å². The summed E-state index contributed by atoms with van der Waals surface area (Å²) in [7, 11) is 0. The van der Waals surface area contributed by atoms with Crippen LogP contribution in [0.1, 0.15) is 0 Å². The van der Waals surface area contributed by atoms with Crippen LogP contribution in [0.5, 0.6) is 0 Å². The van der Waals surface area contributed by atoms with Gasteiger partial charge in [-0.25, -0.2) is 0 Å². The van der Waals surface area contributed by atoms with E-state index >= 15 is 0 Å². The molecule has 2 N–H and O–H groups in total. The van der Waals surface area contributed by atoms with E-state index in [4.69, 9.17) is 0 Å². The molecule has 10 heavy (non-hydrogen) atoms. The van der Waals surface area contributed by atoms with Crippen molar-refractivity contribution in [1.29, 1.82) is 0 Å². The van der Waals surface area contributed by atoms with E-state index in [1.54, 1.807) is 0 Å². The SMILES string of the molecule is NC([O-])=COCC(=O)[O-].[Ni+2]. The molecule has 0 aromatic rings. The fourth-order valence-corrected chi connectivity index (χ4v) is 0.192. The van der Waals surface area contributed by atoms with Crippen molar-refractivity contribution in [1.82, 2.24) is 0 Å². The molecule has 0 radical (unpaired) electrons. The van der Waals surface area contributed by atoms with Crippen molar-refractivity contribution in [2.24, 2.45) is 5.73 Å². The smallest absolute Gasteiger partial charge is 0.858 e. The van der Waals surface area contributed by atoms with Crippen molar-refractivity contribution in [2.75, 3.05) is 6.61 Å². The van der Waals surface area contributed by atoms with E-state index in [-0.39, 0.29) is 16.5 Å². The average molecular weight is 190 g/mol. The molecule has 0 spiro atoms. The average Bonchev–Trinajstić information content (AvgIpc) is 1.63. The molecule has 0 rings (SSSR count). The second kappa shape index (κ2) is 6.23. The Morgan fingerprint density at radius 2 is 2.10 bits per heavy atom. The van der Waals surface area contributed by atoms with Gasteiger partial charge in [0.15, 0.2) is 0 Å². The van der Waals surface area contributed by atoms with Gasteiger partial charge in [-0.15, -0.1) is 0 Å². The summed E-state index contributed by atoms with van der Waals surface area (Å²) in [4.78, 5) is 9.57. The Labute approximate surface area is 67.4 Å². The summed E-state index contributed by atoms with van der Waals surface area (Å²) in [6, 6.07) is 0. The number of carbonyl (C=O) groups is 1. The Bertz CT molecular complexity index is 131. The van der Waals surface area contributed by atoms with E-state index in [1.165, 1.54) is 0 Å². The van der Waals surface area contributed by atoms with E-state index in [0.29, 0.717) is 6.26 Å². The summed E-state index contributed by atoms with van der Waals surface area (Å²) in [6.45, 7) is -0.650. The first-order chi connectivity index (χ1) is 4.13. The molecule has 0 aliphatic carbocycles. The van der Waals surface area contributed by atoms with Crippen LogP contribution in [0.25, 0.3) is 0 Å². The van der Waals surface area contributed by atoms with Crippen LogP contribution in [-0.4, -0.2) is 12.6 Å². The summed E-state index contributed by atoms with van der Waals surface area (Å²) in [5.74, 6) is -2.22. The molecule has 0 saturated carbocycles. The standard InChI is InChI=1S/C4H7NO4.Ni/c5-3(6)1-9-2-4(7)8;/h1,6H,2,5H2,(H,7,8);/q;+2/p-2. The number of carboxylic acid groups (broad SMARTS) is 1. The van der Waals surface area contributed by atoms with Gasteiger partial charge in [-0.1, -0.05) is 0 Å². The number of aliphatic carboxylic acids is 1. The molecule has 5 nitrogen and oxygen atoms in total. The molecule has 0 amide bonds. The van der Waals surface area contributed by atoms with Crippen molar-refractivity contribution in [2.45, 2.75) is 0 Å². The third-order valence-electron chi connectivity index (χ3n) is 0.401. The minimum Gasteiger partial charge on any atom is -0.858 e. The Morgan fingerprint density at radius 1 is 1.60 bits per heavy atom. The summed E-state index contributed by atoms with van der Waals surface area (Å²) in [5, 5.41) is 19.4. The minimum atomic E-state index is -1.40. The molecule has 0 aliphatic heterocycles. The van der Waals surface area contributed by atoms with Crippen molar-refractivity contribution >= 4 is 5.97 Å². The zero-order chi connectivity index (χ0) is 7.28. The van der Waals surface area contributed by atoms with Gasteiger partial charge in [0.25, 0.3) is 0 Å². The second-order valence-electron chi connectivity index (χ2n) is 1.20. The molecule has 0 aromatic heterocycles. The van der Waals surface area contributed by atoms with Crippen molar-refractivity contribution < 1.29 is 36.2 Å². The molecule has 0 atom stereocenters. The summed E-state index contributed by atoms with van der Waals surface area (Å²) >= 11 is 0. The fourth-order valence-electron chi connectivity index (χ4n) is 0.192. The van der Waals surface area contributed by atoms with Gasteiger partial charge < -0.3 is 25.5 Å². The Balaban J connectivity index is 0.